The number of hydrogen-bond acceptors (Lipinski definition) is 3. The van der Waals surface area contributed by atoms with Crippen molar-refractivity contribution in [3.8, 4) is 0 Å². The molecule has 17 heavy (non-hydrogen) atoms. The summed E-state index contributed by atoms with van der Waals surface area (Å²) >= 11 is 0. The molecule has 0 fully saturated rings. The molecule has 0 radical (unpaired) electrons. The predicted molar refractivity (Wildman–Crippen MR) is 64.1 cm³/mol. The number of esters is 1. The Bertz CT molecular complexity index is 380. The molecule has 4 heteroatoms. The van der Waals surface area contributed by atoms with Crippen LogP contribution < -0.4 is 5.32 Å². The summed E-state index contributed by atoms with van der Waals surface area (Å²) in [6.45, 7) is 4.72. The van der Waals surface area contributed by atoms with Gasteiger partial charge in [-0.1, -0.05) is 13.0 Å². The summed E-state index contributed by atoms with van der Waals surface area (Å²) in [5.74, 6) is -0.531. The van der Waals surface area contributed by atoms with Crippen molar-refractivity contribution >= 4 is 5.97 Å². The highest BCUT2D eigenvalue weighted by Gasteiger charge is 2.02. The van der Waals surface area contributed by atoms with Gasteiger partial charge in [0.1, 0.15) is 5.82 Å². The van der Waals surface area contributed by atoms with Crippen molar-refractivity contribution < 1.29 is 13.9 Å². The second-order valence-corrected chi connectivity index (χ2v) is 3.73. The van der Waals surface area contributed by atoms with Gasteiger partial charge in [0.25, 0.3) is 0 Å². The molecule has 0 aromatic heterocycles. The zero-order valence-electron chi connectivity index (χ0n) is 10.3. The highest BCUT2D eigenvalue weighted by Crippen LogP contribution is 2.09. The van der Waals surface area contributed by atoms with Gasteiger partial charge in [0.2, 0.25) is 0 Å². The maximum atomic E-state index is 13.2. The Hall–Kier alpha value is -1.42. The van der Waals surface area contributed by atoms with E-state index < -0.39 is 0 Å². The van der Waals surface area contributed by atoms with E-state index >= 15 is 0 Å². The molecule has 0 atom stereocenters. The standard InChI is InChI=1S/C13H18FNO2/c1-3-10-5-11(7-12(14)6-10)8-15-9-13(16)17-4-2/h5-7,15H,3-4,8-9H2,1-2H3. The maximum Gasteiger partial charge on any atom is 0.319 e. The fraction of sp³-hybridized carbons (Fsp3) is 0.462. The van der Waals surface area contributed by atoms with Crippen LogP contribution in [0.1, 0.15) is 25.0 Å². The molecule has 0 amide bonds. The lowest BCUT2D eigenvalue weighted by Gasteiger charge is -2.06. The number of rotatable bonds is 6. The quantitative estimate of drug-likeness (QED) is 0.772. The minimum atomic E-state index is -0.292. The number of nitrogens with one attached hydrogen (secondary N) is 1. The first kappa shape index (κ1) is 13.6. The predicted octanol–water partition coefficient (Wildman–Crippen LogP) is 2.04. The summed E-state index contributed by atoms with van der Waals surface area (Å²) < 4.78 is 18.0. The second kappa shape index (κ2) is 7.01. The van der Waals surface area contributed by atoms with Crippen LogP contribution in [0.2, 0.25) is 0 Å². The third-order valence-electron chi connectivity index (χ3n) is 2.33. The van der Waals surface area contributed by atoms with Crippen molar-refractivity contribution in [2.75, 3.05) is 13.2 Å². The molecule has 0 heterocycles. The first-order valence-corrected chi connectivity index (χ1v) is 5.80. The van der Waals surface area contributed by atoms with Gasteiger partial charge in [-0.25, -0.2) is 4.39 Å². The lowest BCUT2D eigenvalue weighted by molar-refractivity contribution is -0.142. The third-order valence-corrected chi connectivity index (χ3v) is 2.33. The van der Waals surface area contributed by atoms with E-state index in [-0.39, 0.29) is 18.3 Å². The van der Waals surface area contributed by atoms with Gasteiger partial charge < -0.3 is 10.1 Å². The van der Waals surface area contributed by atoms with E-state index in [0.29, 0.717) is 13.2 Å². The zero-order chi connectivity index (χ0) is 12.7. The van der Waals surface area contributed by atoms with E-state index in [2.05, 4.69) is 5.32 Å². The number of halogens is 1. The van der Waals surface area contributed by atoms with Crippen molar-refractivity contribution in [3.63, 3.8) is 0 Å². The minimum absolute atomic E-state index is 0.145. The van der Waals surface area contributed by atoms with Crippen LogP contribution in [-0.2, 0) is 22.5 Å². The van der Waals surface area contributed by atoms with E-state index in [4.69, 9.17) is 4.74 Å². The van der Waals surface area contributed by atoms with E-state index in [9.17, 15) is 9.18 Å². The summed E-state index contributed by atoms with van der Waals surface area (Å²) in [7, 11) is 0. The average molecular weight is 239 g/mol. The van der Waals surface area contributed by atoms with Crippen LogP contribution in [0.15, 0.2) is 18.2 Å². The van der Waals surface area contributed by atoms with Crippen molar-refractivity contribution in [2.24, 2.45) is 0 Å². The van der Waals surface area contributed by atoms with Gasteiger partial charge in [0, 0.05) is 6.54 Å². The van der Waals surface area contributed by atoms with Crippen LogP contribution in [0, 0.1) is 5.82 Å². The molecule has 0 saturated heterocycles. The number of ether oxygens (including phenoxy) is 1. The molecule has 1 aromatic rings. The van der Waals surface area contributed by atoms with Gasteiger partial charge in [-0.2, -0.15) is 0 Å². The Morgan fingerprint density at radius 2 is 2.00 bits per heavy atom. The first-order chi connectivity index (χ1) is 8.15. The summed E-state index contributed by atoms with van der Waals surface area (Å²) in [4.78, 5) is 11.1. The fourth-order valence-electron chi connectivity index (χ4n) is 1.54. The van der Waals surface area contributed by atoms with Crippen molar-refractivity contribution in [3.05, 3.63) is 35.1 Å². The summed E-state index contributed by atoms with van der Waals surface area (Å²) in [5.41, 5.74) is 1.80. The van der Waals surface area contributed by atoms with E-state index in [1.54, 1.807) is 6.92 Å². The van der Waals surface area contributed by atoms with Gasteiger partial charge in [0.05, 0.1) is 13.2 Å². The summed E-state index contributed by atoms with van der Waals surface area (Å²) in [6, 6.07) is 4.92. The molecule has 0 aliphatic carbocycles. The molecule has 0 aliphatic rings. The maximum absolute atomic E-state index is 13.2. The first-order valence-electron chi connectivity index (χ1n) is 5.80. The number of benzene rings is 1. The molecule has 3 nitrogen and oxygen atoms in total. The largest absolute Gasteiger partial charge is 0.465 e. The van der Waals surface area contributed by atoms with E-state index in [1.165, 1.54) is 12.1 Å². The molecule has 0 aliphatic heterocycles. The molecule has 0 unspecified atom stereocenters. The fourth-order valence-corrected chi connectivity index (χ4v) is 1.54. The lowest BCUT2D eigenvalue weighted by atomic mass is 10.1. The summed E-state index contributed by atoms with van der Waals surface area (Å²) in [5, 5.41) is 2.92. The van der Waals surface area contributed by atoms with Crippen LogP contribution in [0.3, 0.4) is 0 Å². The van der Waals surface area contributed by atoms with Gasteiger partial charge in [0.15, 0.2) is 0 Å². The Morgan fingerprint density at radius 1 is 1.29 bits per heavy atom. The molecule has 0 spiro atoms. The highest BCUT2D eigenvalue weighted by atomic mass is 19.1. The van der Waals surface area contributed by atoms with Gasteiger partial charge >= 0.3 is 5.97 Å². The van der Waals surface area contributed by atoms with Crippen molar-refractivity contribution in [1.29, 1.82) is 0 Å². The van der Waals surface area contributed by atoms with Crippen LogP contribution >= 0.6 is 0 Å². The third kappa shape index (κ3) is 4.95. The monoisotopic (exact) mass is 239 g/mol. The van der Waals surface area contributed by atoms with E-state index in [1.807, 2.05) is 13.0 Å². The molecule has 0 saturated carbocycles. The van der Waals surface area contributed by atoms with Crippen LogP contribution in [0.4, 0.5) is 4.39 Å². The number of carbonyl (C=O) groups excluding carboxylic acids is 1. The van der Waals surface area contributed by atoms with Gasteiger partial charge in [-0.15, -0.1) is 0 Å². The van der Waals surface area contributed by atoms with Gasteiger partial charge in [-0.3, -0.25) is 4.79 Å². The van der Waals surface area contributed by atoms with Crippen LogP contribution in [0.25, 0.3) is 0 Å². The number of carbonyl (C=O) groups is 1. The SMILES string of the molecule is CCOC(=O)CNCc1cc(F)cc(CC)c1. The zero-order valence-corrected chi connectivity index (χ0v) is 10.3. The van der Waals surface area contributed by atoms with E-state index in [0.717, 1.165) is 17.5 Å². The Labute approximate surface area is 101 Å². The normalized spacial score (nSPS) is 10.3. The van der Waals surface area contributed by atoms with Crippen LogP contribution in [0.5, 0.6) is 0 Å². The Morgan fingerprint density at radius 3 is 2.65 bits per heavy atom. The molecule has 0 bridgehead atoms. The topological polar surface area (TPSA) is 38.3 Å². The molecule has 1 rings (SSSR count). The number of aryl methyl sites for hydroxylation is 1. The second-order valence-electron chi connectivity index (χ2n) is 3.73. The molecular weight excluding hydrogens is 221 g/mol. The Kier molecular flexibility index (Phi) is 5.63. The number of hydrogen-bond donors (Lipinski definition) is 1. The van der Waals surface area contributed by atoms with Crippen molar-refractivity contribution in [1.82, 2.24) is 5.32 Å². The lowest BCUT2D eigenvalue weighted by Crippen LogP contribution is -2.24. The minimum Gasteiger partial charge on any atom is -0.465 e. The van der Waals surface area contributed by atoms with Gasteiger partial charge in [-0.05, 0) is 36.6 Å². The van der Waals surface area contributed by atoms with Crippen LogP contribution in [-0.4, -0.2) is 19.1 Å². The highest BCUT2D eigenvalue weighted by molar-refractivity contribution is 5.71. The smallest absolute Gasteiger partial charge is 0.319 e. The summed E-state index contributed by atoms with van der Waals surface area (Å²) in [6.07, 6.45) is 0.794. The molecule has 1 aromatic carbocycles. The molecule has 94 valence electrons. The Balaban J connectivity index is 2.46. The molecular formula is C13H18FNO2. The van der Waals surface area contributed by atoms with Crippen molar-refractivity contribution in [2.45, 2.75) is 26.8 Å². The molecule has 1 N–H and O–H groups in total. The average Bonchev–Trinajstić information content (AvgIpc) is 2.28.